The summed E-state index contributed by atoms with van der Waals surface area (Å²) in [6.45, 7) is 2.61. The van der Waals surface area contributed by atoms with Gasteiger partial charge in [0.25, 0.3) is 0 Å². The van der Waals surface area contributed by atoms with Gasteiger partial charge in [-0.25, -0.2) is 9.78 Å². The molecule has 0 atom stereocenters. The zero-order valence-corrected chi connectivity index (χ0v) is 11.9. The van der Waals surface area contributed by atoms with Gasteiger partial charge in [0.05, 0.1) is 0 Å². The van der Waals surface area contributed by atoms with Crippen LogP contribution in [0.1, 0.15) is 11.1 Å². The Morgan fingerprint density at radius 2 is 2.00 bits per heavy atom. The highest BCUT2D eigenvalue weighted by molar-refractivity contribution is 6.30. The fraction of sp³-hybridized carbons (Fsp3) is 0.200. The maximum absolute atomic E-state index is 11.7. The van der Waals surface area contributed by atoms with Crippen LogP contribution in [-0.2, 0) is 6.42 Å². The third-order valence-corrected chi connectivity index (χ3v) is 3.02. The van der Waals surface area contributed by atoms with E-state index < -0.39 is 0 Å². The van der Waals surface area contributed by atoms with Crippen molar-refractivity contribution < 1.29 is 4.79 Å². The lowest BCUT2D eigenvalue weighted by molar-refractivity contribution is 0.252. The van der Waals surface area contributed by atoms with E-state index in [-0.39, 0.29) is 6.03 Å². The number of hydrogen-bond acceptors (Lipinski definition) is 2. The van der Waals surface area contributed by atoms with Crippen molar-refractivity contribution in [1.82, 2.24) is 10.3 Å². The van der Waals surface area contributed by atoms with Crippen molar-refractivity contribution in [2.75, 3.05) is 11.9 Å². The Morgan fingerprint density at radius 3 is 2.70 bits per heavy atom. The molecule has 0 aliphatic carbocycles. The number of aromatic nitrogens is 1. The molecule has 2 N–H and O–H groups in total. The molecular weight excluding hydrogens is 274 g/mol. The zero-order valence-electron chi connectivity index (χ0n) is 11.2. The Labute approximate surface area is 123 Å². The van der Waals surface area contributed by atoms with E-state index >= 15 is 0 Å². The van der Waals surface area contributed by atoms with E-state index in [9.17, 15) is 4.79 Å². The van der Waals surface area contributed by atoms with E-state index in [4.69, 9.17) is 11.6 Å². The Hall–Kier alpha value is -2.07. The molecule has 20 heavy (non-hydrogen) atoms. The number of hydrogen-bond donors (Lipinski definition) is 2. The SMILES string of the molecule is Cc1ccc(CCNC(=O)Nc2cc(Cl)ccn2)cc1. The fourth-order valence-corrected chi connectivity index (χ4v) is 1.87. The van der Waals surface area contributed by atoms with Crippen LogP contribution in [0.5, 0.6) is 0 Å². The van der Waals surface area contributed by atoms with E-state index in [2.05, 4.69) is 39.9 Å². The molecule has 2 aromatic rings. The van der Waals surface area contributed by atoms with Gasteiger partial charge < -0.3 is 5.32 Å². The number of carbonyl (C=O) groups is 1. The first-order chi connectivity index (χ1) is 9.63. The molecule has 0 saturated heterocycles. The lowest BCUT2D eigenvalue weighted by Crippen LogP contribution is -2.30. The molecule has 1 aromatic heterocycles. The third kappa shape index (κ3) is 4.55. The van der Waals surface area contributed by atoms with E-state index in [1.165, 1.54) is 11.1 Å². The first-order valence-electron chi connectivity index (χ1n) is 6.35. The molecule has 0 radical (unpaired) electrons. The maximum atomic E-state index is 11.7. The first kappa shape index (κ1) is 14.3. The van der Waals surface area contributed by atoms with Crippen molar-refractivity contribution in [3.8, 4) is 0 Å². The molecule has 2 amide bonds. The summed E-state index contributed by atoms with van der Waals surface area (Å²) in [5.41, 5.74) is 2.42. The Bertz CT molecular complexity index is 584. The largest absolute Gasteiger partial charge is 0.337 e. The van der Waals surface area contributed by atoms with Crippen LogP contribution in [0.4, 0.5) is 10.6 Å². The molecule has 0 aliphatic rings. The second-order valence-electron chi connectivity index (χ2n) is 4.48. The van der Waals surface area contributed by atoms with Gasteiger partial charge in [0.1, 0.15) is 5.82 Å². The minimum absolute atomic E-state index is 0.285. The third-order valence-electron chi connectivity index (χ3n) is 2.78. The van der Waals surface area contributed by atoms with Crippen molar-refractivity contribution in [2.24, 2.45) is 0 Å². The summed E-state index contributed by atoms with van der Waals surface area (Å²) in [6, 6.07) is 11.2. The molecule has 1 aromatic carbocycles. The molecular formula is C15H16ClN3O. The highest BCUT2D eigenvalue weighted by atomic mass is 35.5. The average molecular weight is 290 g/mol. The number of benzene rings is 1. The summed E-state index contributed by atoms with van der Waals surface area (Å²) < 4.78 is 0. The Kier molecular flexibility index (Phi) is 4.96. The van der Waals surface area contributed by atoms with Gasteiger partial charge in [0, 0.05) is 17.8 Å². The number of rotatable bonds is 4. The highest BCUT2D eigenvalue weighted by Gasteiger charge is 2.02. The number of nitrogens with one attached hydrogen (secondary N) is 2. The van der Waals surface area contributed by atoms with Crippen LogP contribution in [-0.4, -0.2) is 17.6 Å². The van der Waals surface area contributed by atoms with Crippen LogP contribution in [0.2, 0.25) is 5.02 Å². The minimum atomic E-state index is -0.285. The van der Waals surface area contributed by atoms with Crippen LogP contribution in [0, 0.1) is 6.92 Å². The molecule has 0 bridgehead atoms. The molecule has 1 heterocycles. The summed E-state index contributed by atoms with van der Waals surface area (Å²) in [4.78, 5) is 15.7. The minimum Gasteiger partial charge on any atom is -0.337 e. The van der Waals surface area contributed by atoms with Crippen molar-refractivity contribution in [1.29, 1.82) is 0 Å². The number of carbonyl (C=O) groups excluding carboxylic acids is 1. The number of aryl methyl sites for hydroxylation is 1. The number of amides is 2. The van der Waals surface area contributed by atoms with Crippen molar-refractivity contribution in [3.63, 3.8) is 0 Å². The van der Waals surface area contributed by atoms with Crippen molar-refractivity contribution in [3.05, 3.63) is 58.7 Å². The summed E-state index contributed by atoms with van der Waals surface area (Å²) in [5.74, 6) is 0.435. The fourth-order valence-electron chi connectivity index (χ4n) is 1.71. The van der Waals surface area contributed by atoms with Crippen molar-refractivity contribution >= 4 is 23.4 Å². The van der Waals surface area contributed by atoms with E-state index in [0.29, 0.717) is 17.4 Å². The van der Waals surface area contributed by atoms with Gasteiger partial charge in [-0.1, -0.05) is 41.4 Å². The normalized spacial score (nSPS) is 10.1. The maximum Gasteiger partial charge on any atom is 0.320 e. The molecule has 0 saturated carbocycles. The molecule has 0 spiro atoms. The standard InChI is InChI=1S/C15H16ClN3O/c1-11-2-4-12(5-3-11)6-8-18-15(20)19-14-10-13(16)7-9-17-14/h2-5,7,9-10H,6,8H2,1H3,(H2,17,18,19,20). The molecule has 0 fully saturated rings. The zero-order chi connectivity index (χ0) is 14.4. The van der Waals surface area contributed by atoms with Gasteiger partial charge in [-0.3, -0.25) is 5.32 Å². The number of anilines is 1. The second kappa shape index (κ2) is 6.91. The first-order valence-corrected chi connectivity index (χ1v) is 6.73. The van der Waals surface area contributed by atoms with Gasteiger partial charge in [0.15, 0.2) is 0 Å². The van der Waals surface area contributed by atoms with Crippen LogP contribution < -0.4 is 10.6 Å². The van der Waals surface area contributed by atoms with E-state index in [1.807, 2.05) is 6.92 Å². The van der Waals surface area contributed by atoms with Crippen LogP contribution in [0.15, 0.2) is 42.6 Å². The lowest BCUT2D eigenvalue weighted by Gasteiger charge is -2.07. The molecule has 0 aliphatic heterocycles. The molecule has 4 nitrogen and oxygen atoms in total. The summed E-state index contributed by atoms with van der Waals surface area (Å²) in [7, 11) is 0. The average Bonchev–Trinajstić information content (AvgIpc) is 2.41. The number of halogens is 1. The Morgan fingerprint density at radius 1 is 1.25 bits per heavy atom. The smallest absolute Gasteiger partial charge is 0.320 e. The molecule has 0 unspecified atom stereocenters. The molecule has 2 rings (SSSR count). The van der Waals surface area contributed by atoms with Crippen molar-refractivity contribution in [2.45, 2.75) is 13.3 Å². The van der Waals surface area contributed by atoms with Gasteiger partial charge in [-0.05, 0) is 31.0 Å². The molecule has 5 heteroatoms. The summed E-state index contributed by atoms with van der Waals surface area (Å²) >= 11 is 5.81. The summed E-state index contributed by atoms with van der Waals surface area (Å²) in [5, 5.41) is 5.95. The second-order valence-corrected chi connectivity index (χ2v) is 4.91. The number of urea groups is 1. The van der Waals surface area contributed by atoms with Gasteiger partial charge in [-0.15, -0.1) is 0 Å². The van der Waals surface area contributed by atoms with E-state index in [1.54, 1.807) is 18.3 Å². The van der Waals surface area contributed by atoms with Crippen LogP contribution in [0.25, 0.3) is 0 Å². The quantitative estimate of drug-likeness (QED) is 0.906. The van der Waals surface area contributed by atoms with Gasteiger partial charge in [-0.2, -0.15) is 0 Å². The lowest BCUT2D eigenvalue weighted by atomic mass is 10.1. The monoisotopic (exact) mass is 289 g/mol. The predicted octanol–water partition coefficient (Wildman–Crippen LogP) is 3.41. The topological polar surface area (TPSA) is 54.0 Å². The number of nitrogens with zero attached hydrogens (tertiary/aromatic N) is 1. The van der Waals surface area contributed by atoms with Crippen LogP contribution >= 0.6 is 11.6 Å². The Balaban J connectivity index is 1.76. The highest BCUT2D eigenvalue weighted by Crippen LogP contribution is 2.11. The molecule has 104 valence electrons. The van der Waals surface area contributed by atoms with Gasteiger partial charge >= 0.3 is 6.03 Å². The predicted molar refractivity (Wildman–Crippen MR) is 81.2 cm³/mol. The van der Waals surface area contributed by atoms with Crippen LogP contribution in [0.3, 0.4) is 0 Å². The number of pyridine rings is 1. The summed E-state index contributed by atoms with van der Waals surface area (Å²) in [6.07, 6.45) is 2.33. The van der Waals surface area contributed by atoms with Gasteiger partial charge in [0.2, 0.25) is 0 Å². The van der Waals surface area contributed by atoms with E-state index in [0.717, 1.165) is 6.42 Å².